The van der Waals surface area contributed by atoms with Crippen molar-refractivity contribution in [3.05, 3.63) is 94.8 Å². The Morgan fingerprint density at radius 1 is 0.889 bits per heavy atom. The van der Waals surface area contributed by atoms with Gasteiger partial charge in [-0.05, 0) is 75.9 Å². The number of carbonyl (C=O) groups is 1. The van der Waals surface area contributed by atoms with E-state index in [2.05, 4.69) is 60.1 Å². The molecule has 1 amide bonds. The Balaban J connectivity index is 1.25. The number of hydrogen-bond acceptors (Lipinski definition) is 3. The summed E-state index contributed by atoms with van der Waals surface area (Å²) in [5, 5.41) is 3.03. The number of fused-ring (bicyclic) bond motifs is 1. The Morgan fingerprint density at radius 2 is 1.67 bits per heavy atom. The molecular formula is C31H37N3O2. The lowest BCUT2D eigenvalue weighted by molar-refractivity contribution is 0.0953. The summed E-state index contributed by atoms with van der Waals surface area (Å²) in [5.41, 5.74) is 6.54. The molecule has 0 aliphatic carbocycles. The number of ether oxygens (including phenoxy) is 1. The van der Waals surface area contributed by atoms with Crippen LogP contribution in [-0.2, 0) is 13.0 Å². The van der Waals surface area contributed by atoms with Gasteiger partial charge in [-0.3, -0.25) is 4.79 Å². The number of imidazole rings is 1. The summed E-state index contributed by atoms with van der Waals surface area (Å²) in [6.07, 6.45) is 4.90. The average molecular weight is 484 g/mol. The Labute approximate surface area is 214 Å². The van der Waals surface area contributed by atoms with E-state index in [0.29, 0.717) is 13.2 Å². The van der Waals surface area contributed by atoms with E-state index < -0.39 is 0 Å². The van der Waals surface area contributed by atoms with Crippen LogP contribution in [0.1, 0.15) is 58.6 Å². The molecule has 0 aliphatic rings. The molecule has 188 valence electrons. The van der Waals surface area contributed by atoms with Crippen LogP contribution in [0.4, 0.5) is 0 Å². The SMILES string of the molecule is Cc1ccc(C(=O)NCCCCCc2nc3ccccc3n2CCCOc2ccc(C)cc2C)cc1. The van der Waals surface area contributed by atoms with Crippen LogP contribution in [0.3, 0.4) is 0 Å². The third-order valence-electron chi connectivity index (χ3n) is 6.52. The molecule has 1 N–H and O–H groups in total. The molecule has 1 aromatic heterocycles. The molecule has 5 heteroatoms. The van der Waals surface area contributed by atoms with Crippen LogP contribution in [0.2, 0.25) is 0 Å². The molecule has 36 heavy (non-hydrogen) atoms. The fourth-order valence-electron chi connectivity index (χ4n) is 4.53. The quantitative estimate of drug-likeness (QED) is 0.232. The fourth-order valence-corrected chi connectivity index (χ4v) is 4.53. The van der Waals surface area contributed by atoms with Crippen LogP contribution in [0, 0.1) is 20.8 Å². The van der Waals surface area contributed by atoms with Crippen molar-refractivity contribution >= 4 is 16.9 Å². The Hall–Kier alpha value is -3.60. The van der Waals surface area contributed by atoms with Gasteiger partial charge in [0.25, 0.3) is 5.91 Å². The first-order chi connectivity index (χ1) is 17.5. The first-order valence-corrected chi connectivity index (χ1v) is 13.0. The number of benzene rings is 3. The lowest BCUT2D eigenvalue weighted by Crippen LogP contribution is -2.24. The van der Waals surface area contributed by atoms with E-state index in [1.54, 1.807) is 0 Å². The lowest BCUT2D eigenvalue weighted by atomic mass is 10.1. The molecule has 0 aliphatic heterocycles. The summed E-state index contributed by atoms with van der Waals surface area (Å²) in [4.78, 5) is 17.2. The maximum Gasteiger partial charge on any atom is 0.251 e. The van der Waals surface area contributed by atoms with E-state index in [1.807, 2.05) is 37.3 Å². The zero-order chi connectivity index (χ0) is 25.3. The predicted octanol–water partition coefficient (Wildman–Crippen LogP) is 6.57. The third-order valence-corrected chi connectivity index (χ3v) is 6.52. The summed E-state index contributed by atoms with van der Waals surface area (Å²) < 4.78 is 8.40. The minimum atomic E-state index is -0.000146. The smallest absolute Gasteiger partial charge is 0.251 e. The van der Waals surface area contributed by atoms with Crippen LogP contribution in [0.25, 0.3) is 11.0 Å². The van der Waals surface area contributed by atoms with E-state index in [-0.39, 0.29) is 5.91 Å². The molecule has 0 fully saturated rings. The number of nitrogens with one attached hydrogen (secondary N) is 1. The number of para-hydroxylation sites is 2. The number of aryl methyl sites for hydroxylation is 5. The summed E-state index contributed by atoms with van der Waals surface area (Å²) in [7, 11) is 0. The van der Waals surface area contributed by atoms with Crippen LogP contribution >= 0.6 is 0 Å². The first-order valence-electron chi connectivity index (χ1n) is 13.0. The third kappa shape index (κ3) is 6.75. The van der Waals surface area contributed by atoms with Gasteiger partial charge in [0.2, 0.25) is 0 Å². The second-order valence-electron chi connectivity index (χ2n) is 9.57. The van der Waals surface area contributed by atoms with E-state index in [1.165, 1.54) is 16.6 Å². The highest BCUT2D eigenvalue weighted by molar-refractivity contribution is 5.94. The van der Waals surface area contributed by atoms with Crippen molar-refractivity contribution in [2.45, 2.75) is 59.4 Å². The van der Waals surface area contributed by atoms with Gasteiger partial charge in [-0.1, -0.05) is 53.9 Å². The van der Waals surface area contributed by atoms with Crippen molar-refractivity contribution in [3.63, 3.8) is 0 Å². The molecule has 0 unspecified atom stereocenters. The number of nitrogens with zero attached hydrogens (tertiary/aromatic N) is 2. The van der Waals surface area contributed by atoms with Gasteiger partial charge in [-0.15, -0.1) is 0 Å². The van der Waals surface area contributed by atoms with Gasteiger partial charge in [0.05, 0.1) is 17.6 Å². The van der Waals surface area contributed by atoms with E-state index in [4.69, 9.17) is 9.72 Å². The molecule has 3 aromatic carbocycles. The number of rotatable bonds is 12. The van der Waals surface area contributed by atoms with Crippen molar-refractivity contribution < 1.29 is 9.53 Å². The zero-order valence-electron chi connectivity index (χ0n) is 21.7. The number of aromatic nitrogens is 2. The molecule has 0 bridgehead atoms. The molecule has 5 nitrogen and oxygen atoms in total. The van der Waals surface area contributed by atoms with Gasteiger partial charge < -0.3 is 14.6 Å². The van der Waals surface area contributed by atoms with Crippen molar-refractivity contribution in [1.82, 2.24) is 14.9 Å². The van der Waals surface area contributed by atoms with Gasteiger partial charge in [0.15, 0.2) is 0 Å². The standard InChI is InChI=1S/C31H37N3O2/c1-23-13-16-26(17-14-23)31(35)32-19-8-4-5-12-30-33-27-10-6-7-11-28(27)34(30)20-9-21-36-29-18-15-24(2)22-25(29)3/h6-7,10-11,13-18,22H,4-5,8-9,12,19-21H2,1-3H3,(H,32,35). The lowest BCUT2D eigenvalue weighted by Gasteiger charge is -2.12. The molecule has 0 atom stereocenters. The Kier molecular flexibility index (Phi) is 8.77. The summed E-state index contributed by atoms with van der Waals surface area (Å²) in [6.45, 7) is 8.47. The highest BCUT2D eigenvalue weighted by atomic mass is 16.5. The van der Waals surface area contributed by atoms with Gasteiger partial charge in [-0.2, -0.15) is 0 Å². The van der Waals surface area contributed by atoms with Crippen molar-refractivity contribution in [2.24, 2.45) is 0 Å². The number of unbranched alkanes of at least 4 members (excludes halogenated alkanes) is 2. The van der Waals surface area contributed by atoms with Crippen molar-refractivity contribution in [2.75, 3.05) is 13.2 Å². The molecule has 0 saturated carbocycles. The number of hydrogen-bond donors (Lipinski definition) is 1. The largest absolute Gasteiger partial charge is 0.493 e. The fraction of sp³-hybridized carbons (Fsp3) is 0.355. The summed E-state index contributed by atoms with van der Waals surface area (Å²) in [5.74, 6) is 2.09. The van der Waals surface area contributed by atoms with E-state index in [9.17, 15) is 4.79 Å². The van der Waals surface area contributed by atoms with Crippen LogP contribution in [0.5, 0.6) is 5.75 Å². The Morgan fingerprint density at radius 3 is 2.47 bits per heavy atom. The van der Waals surface area contributed by atoms with E-state index in [0.717, 1.165) is 66.9 Å². The highest BCUT2D eigenvalue weighted by Crippen LogP contribution is 2.21. The summed E-state index contributed by atoms with van der Waals surface area (Å²) >= 11 is 0. The normalized spacial score (nSPS) is 11.1. The Bertz CT molecular complexity index is 1290. The second kappa shape index (κ2) is 12.4. The van der Waals surface area contributed by atoms with Gasteiger partial charge >= 0.3 is 0 Å². The maximum atomic E-state index is 12.3. The average Bonchev–Trinajstić information content (AvgIpc) is 3.22. The van der Waals surface area contributed by atoms with Crippen LogP contribution < -0.4 is 10.1 Å². The van der Waals surface area contributed by atoms with Gasteiger partial charge in [0.1, 0.15) is 11.6 Å². The number of amides is 1. The number of carbonyl (C=O) groups excluding carboxylic acids is 1. The highest BCUT2D eigenvalue weighted by Gasteiger charge is 2.11. The molecule has 4 rings (SSSR count). The van der Waals surface area contributed by atoms with Crippen LogP contribution in [-0.4, -0.2) is 28.6 Å². The predicted molar refractivity (Wildman–Crippen MR) is 147 cm³/mol. The van der Waals surface area contributed by atoms with Gasteiger partial charge in [0, 0.05) is 25.1 Å². The summed E-state index contributed by atoms with van der Waals surface area (Å²) in [6, 6.07) is 22.4. The van der Waals surface area contributed by atoms with E-state index >= 15 is 0 Å². The molecular weight excluding hydrogens is 446 g/mol. The molecule has 1 heterocycles. The zero-order valence-corrected chi connectivity index (χ0v) is 21.7. The monoisotopic (exact) mass is 483 g/mol. The van der Waals surface area contributed by atoms with Crippen molar-refractivity contribution in [3.8, 4) is 5.75 Å². The minimum Gasteiger partial charge on any atom is -0.493 e. The molecule has 0 radical (unpaired) electrons. The molecule has 4 aromatic rings. The molecule has 0 spiro atoms. The molecule has 0 saturated heterocycles. The van der Waals surface area contributed by atoms with Crippen LogP contribution in [0.15, 0.2) is 66.7 Å². The topological polar surface area (TPSA) is 56.2 Å². The first kappa shape index (κ1) is 25.5. The maximum absolute atomic E-state index is 12.3. The minimum absolute atomic E-state index is 0.000146. The van der Waals surface area contributed by atoms with Crippen molar-refractivity contribution in [1.29, 1.82) is 0 Å². The van der Waals surface area contributed by atoms with Gasteiger partial charge in [-0.25, -0.2) is 4.98 Å². The second-order valence-corrected chi connectivity index (χ2v) is 9.57.